The molecule has 0 aliphatic carbocycles. The van der Waals surface area contributed by atoms with Crippen molar-refractivity contribution < 1.29 is 21.3 Å². The molecule has 0 saturated carbocycles. The Bertz CT molecular complexity index is 922. The number of hydrogen-bond acceptors (Lipinski definition) is 7. The van der Waals surface area contributed by atoms with Crippen LogP contribution in [0.3, 0.4) is 0 Å². The van der Waals surface area contributed by atoms with Crippen molar-refractivity contribution in [2.45, 2.75) is 44.2 Å². The first-order chi connectivity index (χ1) is 12.1. The summed E-state index contributed by atoms with van der Waals surface area (Å²) in [6.45, 7) is 5.31. The fraction of sp³-hybridized carbons (Fsp3) is 0.500. The standard InChI is InChI=1S/C16H23N3O5S2/c1-4-10-26(22,23)19-14(12(2)3)15-17-18-16(24-15)25(20,21)11-13-8-6-5-7-9-13/h5-9,12,14,19H,4,10-11H2,1-3H3/t14-/m0/s1. The van der Waals surface area contributed by atoms with Crippen molar-refractivity contribution in [1.29, 1.82) is 0 Å². The van der Waals surface area contributed by atoms with Crippen molar-refractivity contribution in [3.8, 4) is 0 Å². The molecule has 0 bridgehead atoms. The van der Waals surface area contributed by atoms with Crippen LogP contribution in [0.4, 0.5) is 0 Å². The van der Waals surface area contributed by atoms with Gasteiger partial charge in [-0.05, 0) is 17.9 Å². The van der Waals surface area contributed by atoms with Gasteiger partial charge in [0.05, 0.1) is 11.5 Å². The molecule has 2 aromatic rings. The first-order valence-electron chi connectivity index (χ1n) is 8.24. The van der Waals surface area contributed by atoms with E-state index in [4.69, 9.17) is 4.42 Å². The van der Waals surface area contributed by atoms with Gasteiger partial charge in [-0.15, -0.1) is 5.10 Å². The van der Waals surface area contributed by atoms with Crippen molar-refractivity contribution in [2.24, 2.45) is 5.92 Å². The topological polar surface area (TPSA) is 119 Å². The first kappa shape index (κ1) is 20.5. The van der Waals surface area contributed by atoms with Gasteiger partial charge in [0.25, 0.3) is 0 Å². The number of nitrogens with zero attached hydrogens (tertiary/aromatic N) is 2. The lowest BCUT2D eigenvalue weighted by atomic mass is 10.1. The second kappa shape index (κ2) is 8.28. The van der Waals surface area contributed by atoms with Crippen LogP contribution in [0.1, 0.15) is 44.7 Å². The summed E-state index contributed by atoms with van der Waals surface area (Å²) < 4.78 is 56.8. The molecule has 144 valence electrons. The van der Waals surface area contributed by atoms with E-state index < -0.39 is 31.1 Å². The Kier molecular flexibility index (Phi) is 6.53. The predicted octanol–water partition coefficient (Wildman–Crippen LogP) is 2.07. The average Bonchev–Trinajstić information content (AvgIpc) is 3.03. The molecule has 2 rings (SSSR count). The van der Waals surface area contributed by atoms with E-state index in [1.807, 2.05) is 0 Å². The summed E-state index contributed by atoms with van der Waals surface area (Å²) in [5, 5.41) is 6.87. The third kappa shape index (κ3) is 5.36. The maximum absolute atomic E-state index is 12.5. The molecule has 0 unspecified atom stereocenters. The highest BCUT2D eigenvalue weighted by molar-refractivity contribution is 7.90. The predicted molar refractivity (Wildman–Crippen MR) is 96.4 cm³/mol. The molecule has 1 N–H and O–H groups in total. The summed E-state index contributed by atoms with van der Waals surface area (Å²) in [5.74, 6) is -0.578. The van der Waals surface area contributed by atoms with Crippen LogP contribution >= 0.6 is 0 Å². The van der Waals surface area contributed by atoms with Gasteiger partial charge in [0, 0.05) is 0 Å². The Morgan fingerprint density at radius 1 is 1.08 bits per heavy atom. The van der Waals surface area contributed by atoms with Gasteiger partial charge in [-0.1, -0.05) is 56.2 Å². The summed E-state index contributed by atoms with van der Waals surface area (Å²) in [6, 6.07) is 7.84. The van der Waals surface area contributed by atoms with Crippen LogP contribution in [0.25, 0.3) is 0 Å². The maximum atomic E-state index is 12.5. The SMILES string of the molecule is CCCS(=O)(=O)N[C@H](c1nnc(S(=O)(=O)Cc2ccccc2)o1)C(C)C. The van der Waals surface area contributed by atoms with Gasteiger partial charge in [0.15, 0.2) is 0 Å². The van der Waals surface area contributed by atoms with E-state index in [2.05, 4.69) is 14.9 Å². The molecule has 26 heavy (non-hydrogen) atoms. The Morgan fingerprint density at radius 2 is 1.73 bits per heavy atom. The van der Waals surface area contributed by atoms with E-state index in [-0.39, 0.29) is 23.3 Å². The maximum Gasteiger partial charge on any atom is 0.335 e. The molecular formula is C16H23N3O5S2. The van der Waals surface area contributed by atoms with E-state index in [9.17, 15) is 16.8 Å². The molecule has 1 heterocycles. The largest absolute Gasteiger partial charge is 0.411 e. The van der Waals surface area contributed by atoms with Crippen molar-refractivity contribution in [1.82, 2.24) is 14.9 Å². The van der Waals surface area contributed by atoms with Crippen LogP contribution in [0.15, 0.2) is 40.0 Å². The Labute approximate surface area is 154 Å². The number of rotatable bonds is 9. The van der Waals surface area contributed by atoms with E-state index in [0.29, 0.717) is 12.0 Å². The number of nitrogens with one attached hydrogen (secondary N) is 1. The molecule has 0 radical (unpaired) electrons. The summed E-state index contributed by atoms with van der Waals surface area (Å²) in [7, 11) is -7.35. The Balaban J connectivity index is 2.25. The fourth-order valence-electron chi connectivity index (χ4n) is 2.32. The lowest BCUT2D eigenvalue weighted by molar-refractivity contribution is 0.326. The minimum Gasteiger partial charge on any atom is -0.411 e. The summed E-state index contributed by atoms with van der Waals surface area (Å²) >= 11 is 0. The number of benzene rings is 1. The molecule has 10 heteroatoms. The number of sulfone groups is 1. The number of aromatic nitrogens is 2. The highest BCUT2D eigenvalue weighted by Gasteiger charge is 2.30. The van der Waals surface area contributed by atoms with Crippen LogP contribution < -0.4 is 4.72 Å². The summed E-state index contributed by atoms with van der Waals surface area (Å²) in [5.41, 5.74) is 0.594. The molecule has 0 aliphatic heterocycles. The van der Waals surface area contributed by atoms with E-state index in [0.717, 1.165) is 0 Å². The zero-order chi connectivity index (χ0) is 19.4. The van der Waals surface area contributed by atoms with Gasteiger partial charge in [-0.2, -0.15) is 0 Å². The third-order valence-corrected chi connectivity index (χ3v) is 6.57. The molecule has 1 aromatic carbocycles. The minimum atomic E-state index is -3.82. The molecule has 0 aliphatic rings. The van der Waals surface area contributed by atoms with Crippen molar-refractivity contribution in [3.05, 3.63) is 41.8 Å². The molecule has 0 amide bonds. The first-order valence-corrected chi connectivity index (χ1v) is 11.5. The van der Waals surface area contributed by atoms with Crippen LogP contribution in [0, 0.1) is 5.92 Å². The molecule has 0 saturated heterocycles. The highest BCUT2D eigenvalue weighted by atomic mass is 32.2. The Hall–Kier alpha value is -1.78. The highest BCUT2D eigenvalue weighted by Crippen LogP contribution is 2.24. The lowest BCUT2D eigenvalue weighted by Gasteiger charge is -2.18. The zero-order valence-electron chi connectivity index (χ0n) is 14.9. The molecule has 1 atom stereocenters. The normalized spacial score (nSPS) is 13.8. The minimum absolute atomic E-state index is 0.0382. The summed E-state index contributed by atoms with van der Waals surface area (Å²) in [6.07, 6.45) is 0.459. The zero-order valence-corrected chi connectivity index (χ0v) is 16.5. The summed E-state index contributed by atoms with van der Waals surface area (Å²) in [4.78, 5) is 0. The van der Waals surface area contributed by atoms with Gasteiger partial charge >= 0.3 is 5.22 Å². The van der Waals surface area contributed by atoms with Crippen LogP contribution in [-0.2, 0) is 25.6 Å². The molecule has 0 spiro atoms. The van der Waals surface area contributed by atoms with E-state index in [1.54, 1.807) is 51.1 Å². The molecular weight excluding hydrogens is 378 g/mol. The molecule has 8 nitrogen and oxygen atoms in total. The van der Waals surface area contributed by atoms with Crippen molar-refractivity contribution in [3.63, 3.8) is 0 Å². The van der Waals surface area contributed by atoms with Crippen LogP contribution in [0.5, 0.6) is 0 Å². The van der Waals surface area contributed by atoms with Crippen LogP contribution in [-0.4, -0.2) is 32.8 Å². The van der Waals surface area contributed by atoms with Crippen molar-refractivity contribution >= 4 is 19.9 Å². The monoisotopic (exact) mass is 401 g/mol. The average molecular weight is 402 g/mol. The van der Waals surface area contributed by atoms with Gasteiger partial charge in [-0.3, -0.25) is 0 Å². The van der Waals surface area contributed by atoms with E-state index in [1.165, 1.54) is 0 Å². The smallest absolute Gasteiger partial charge is 0.335 e. The molecule has 0 fully saturated rings. The van der Waals surface area contributed by atoms with Crippen molar-refractivity contribution in [2.75, 3.05) is 5.75 Å². The lowest BCUT2D eigenvalue weighted by Crippen LogP contribution is -2.33. The number of sulfonamides is 1. The second-order valence-corrected chi connectivity index (χ2v) is 10.1. The van der Waals surface area contributed by atoms with Gasteiger partial charge in [0.1, 0.15) is 6.04 Å². The van der Waals surface area contributed by atoms with Crippen LogP contribution in [0.2, 0.25) is 0 Å². The van der Waals surface area contributed by atoms with Gasteiger partial charge in [-0.25, -0.2) is 21.6 Å². The second-order valence-electron chi connectivity index (χ2n) is 6.31. The number of hydrogen-bond donors (Lipinski definition) is 1. The fourth-order valence-corrected chi connectivity index (χ4v) is 4.87. The third-order valence-electron chi connectivity index (χ3n) is 3.60. The van der Waals surface area contributed by atoms with Gasteiger partial charge in [0.2, 0.25) is 25.8 Å². The molecule has 1 aromatic heterocycles. The Morgan fingerprint density at radius 3 is 2.31 bits per heavy atom. The van der Waals surface area contributed by atoms with E-state index >= 15 is 0 Å². The quantitative estimate of drug-likeness (QED) is 0.683. The van der Waals surface area contributed by atoms with Gasteiger partial charge < -0.3 is 4.42 Å².